The minimum atomic E-state index is -3.58. The van der Waals surface area contributed by atoms with Gasteiger partial charge in [0.25, 0.3) is 0 Å². The molecule has 156 valence electrons. The quantitative estimate of drug-likeness (QED) is 0.664. The predicted molar refractivity (Wildman–Crippen MR) is 113 cm³/mol. The zero-order valence-electron chi connectivity index (χ0n) is 17.1. The van der Waals surface area contributed by atoms with Gasteiger partial charge in [-0.05, 0) is 55.2 Å². The number of benzene rings is 2. The molecular formula is C22H27FN2O3S. The van der Waals surface area contributed by atoms with E-state index in [1.165, 1.54) is 17.3 Å². The highest BCUT2D eigenvalue weighted by molar-refractivity contribution is 7.89. The van der Waals surface area contributed by atoms with Crippen molar-refractivity contribution in [2.45, 2.75) is 38.0 Å². The third-order valence-corrected chi connectivity index (χ3v) is 7.55. The van der Waals surface area contributed by atoms with Gasteiger partial charge in [0, 0.05) is 31.7 Å². The molecule has 0 spiro atoms. The van der Waals surface area contributed by atoms with Gasteiger partial charge in [-0.25, -0.2) is 12.8 Å². The number of sulfonamides is 1. The maximum absolute atomic E-state index is 14.4. The van der Waals surface area contributed by atoms with E-state index in [1.807, 2.05) is 17.0 Å². The Hall–Kier alpha value is -2.25. The summed E-state index contributed by atoms with van der Waals surface area (Å²) < 4.78 is 41.8. The van der Waals surface area contributed by atoms with Crippen molar-refractivity contribution in [1.29, 1.82) is 0 Å². The van der Waals surface area contributed by atoms with Crippen LogP contribution in [-0.2, 0) is 10.0 Å². The zero-order valence-corrected chi connectivity index (χ0v) is 17.9. The molecule has 0 saturated carbocycles. The van der Waals surface area contributed by atoms with Crippen LogP contribution >= 0.6 is 0 Å². The standard InChI is InChI=1S/C22H27FN2O3S/c1-4-16(2)18-5-8-20(9-6-18)29(27,28)25-13-11-24(12-14-25)22-10-7-19(17(3)26)15-21(22)23/h5-10,15-16H,4,11-14H2,1-3H3. The largest absolute Gasteiger partial charge is 0.367 e. The van der Waals surface area contributed by atoms with Crippen LogP contribution in [0.5, 0.6) is 0 Å². The molecule has 1 unspecified atom stereocenters. The fraction of sp³-hybridized carbons (Fsp3) is 0.409. The molecule has 7 heteroatoms. The number of halogens is 1. The van der Waals surface area contributed by atoms with Gasteiger partial charge in [0.2, 0.25) is 10.0 Å². The molecule has 0 aliphatic carbocycles. The molecule has 5 nitrogen and oxygen atoms in total. The average molecular weight is 419 g/mol. The molecule has 1 aliphatic rings. The van der Waals surface area contributed by atoms with Crippen molar-refractivity contribution < 1.29 is 17.6 Å². The van der Waals surface area contributed by atoms with E-state index in [0.717, 1.165) is 12.0 Å². The smallest absolute Gasteiger partial charge is 0.243 e. The van der Waals surface area contributed by atoms with Gasteiger partial charge < -0.3 is 4.90 Å². The Morgan fingerprint density at radius 3 is 2.21 bits per heavy atom. The molecular weight excluding hydrogens is 391 g/mol. The summed E-state index contributed by atoms with van der Waals surface area (Å²) in [7, 11) is -3.58. The Labute approximate surface area is 172 Å². The molecule has 2 aromatic carbocycles. The summed E-state index contributed by atoms with van der Waals surface area (Å²) in [5, 5.41) is 0. The van der Waals surface area contributed by atoms with Crippen LogP contribution in [0.1, 0.15) is 49.0 Å². The van der Waals surface area contributed by atoms with Crippen LogP contribution < -0.4 is 4.90 Å². The van der Waals surface area contributed by atoms with Crippen LogP contribution in [0.15, 0.2) is 47.4 Å². The van der Waals surface area contributed by atoms with E-state index in [9.17, 15) is 17.6 Å². The van der Waals surface area contributed by atoms with E-state index >= 15 is 0 Å². The molecule has 0 radical (unpaired) electrons. The highest BCUT2D eigenvalue weighted by Gasteiger charge is 2.29. The molecule has 29 heavy (non-hydrogen) atoms. The number of carbonyl (C=O) groups excluding carboxylic acids is 1. The fourth-order valence-electron chi connectivity index (χ4n) is 3.50. The summed E-state index contributed by atoms with van der Waals surface area (Å²) in [6, 6.07) is 11.5. The Balaban J connectivity index is 1.70. The number of Topliss-reactive ketones (excluding diaryl/α,β-unsaturated/α-hetero) is 1. The Morgan fingerprint density at radius 1 is 1.07 bits per heavy atom. The molecule has 3 rings (SSSR count). The molecule has 0 N–H and O–H groups in total. The normalized spacial score (nSPS) is 16.6. The third kappa shape index (κ3) is 4.51. The van der Waals surface area contributed by atoms with E-state index < -0.39 is 15.8 Å². The molecule has 0 aromatic heterocycles. The maximum Gasteiger partial charge on any atom is 0.243 e. The van der Waals surface area contributed by atoms with Crippen molar-refractivity contribution in [3.63, 3.8) is 0 Å². The molecule has 1 aliphatic heterocycles. The van der Waals surface area contributed by atoms with Gasteiger partial charge in [-0.2, -0.15) is 4.31 Å². The summed E-state index contributed by atoms with van der Waals surface area (Å²) in [5.74, 6) is -0.264. The number of nitrogens with zero attached hydrogens (tertiary/aromatic N) is 2. The van der Waals surface area contributed by atoms with Gasteiger partial charge in [0.1, 0.15) is 5.82 Å². The summed E-state index contributed by atoms with van der Waals surface area (Å²) in [6.07, 6.45) is 0.998. The third-order valence-electron chi connectivity index (χ3n) is 5.63. The second-order valence-corrected chi connectivity index (χ2v) is 9.43. The second-order valence-electron chi connectivity index (χ2n) is 7.49. The van der Waals surface area contributed by atoms with E-state index in [2.05, 4.69) is 13.8 Å². The van der Waals surface area contributed by atoms with E-state index in [-0.39, 0.29) is 23.8 Å². The number of hydrogen-bond donors (Lipinski definition) is 0. The molecule has 1 saturated heterocycles. The van der Waals surface area contributed by atoms with Gasteiger partial charge in [-0.3, -0.25) is 4.79 Å². The first-order chi connectivity index (χ1) is 13.7. The lowest BCUT2D eigenvalue weighted by Gasteiger charge is -2.35. The molecule has 0 bridgehead atoms. The highest BCUT2D eigenvalue weighted by atomic mass is 32.2. The minimum Gasteiger partial charge on any atom is -0.367 e. The van der Waals surface area contributed by atoms with Crippen LogP contribution in [0.3, 0.4) is 0 Å². The maximum atomic E-state index is 14.4. The summed E-state index contributed by atoms with van der Waals surface area (Å²) in [4.78, 5) is 13.5. The summed E-state index contributed by atoms with van der Waals surface area (Å²) in [6.45, 7) is 6.96. The van der Waals surface area contributed by atoms with Gasteiger partial charge in [-0.1, -0.05) is 26.0 Å². The van der Waals surface area contributed by atoms with E-state index in [0.29, 0.717) is 30.3 Å². The van der Waals surface area contributed by atoms with Crippen molar-refractivity contribution in [3.05, 3.63) is 59.4 Å². The minimum absolute atomic E-state index is 0.189. The number of anilines is 1. The molecule has 1 atom stereocenters. The van der Waals surface area contributed by atoms with Crippen molar-refractivity contribution in [3.8, 4) is 0 Å². The Bertz CT molecular complexity index is 982. The van der Waals surface area contributed by atoms with Gasteiger partial charge in [0.15, 0.2) is 5.78 Å². The van der Waals surface area contributed by atoms with Crippen LogP contribution in [0, 0.1) is 5.82 Å². The van der Waals surface area contributed by atoms with Crippen LogP contribution in [0.4, 0.5) is 10.1 Å². The van der Waals surface area contributed by atoms with E-state index in [1.54, 1.807) is 24.3 Å². The molecule has 1 fully saturated rings. The first kappa shape index (κ1) is 21.5. The van der Waals surface area contributed by atoms with Crippen molar-refractivity contribution in [2.75, 3.05) is 31.1 Å². The van der Waals surface area contributed by atoms with Crippen LogP contribution in [-0.4, -0.2) is 44.7 Å². The van der Waals surface area contributed by atoms with Gasteiger partial charge >= 0.3 is 0 Å². The zero-order chi connectivity index (χ0) is 21.2. The van der Waals surface area contributed by atoms with Gasteiger partial charge in [0.05, 0.1) is 10.6 Å². The SMILES string of the molecule is CCC(C)c1ccc(S(=O)(=O)N2CCN(c3ccc(C(C)=O)cc3F)CC2)cc1. The predicted octanol–water partition coefficient (Wildman–Crippen LogP) is 4.05. The lowest BCUT2D eigenvalue weighted by molar-refractivity contribution is 0.101. The summed E-state index contributed by atoms with van der Waals surface area (Å²) >= 11 is 0. The number of carbonyl (C=O) groups is 1. The first-order valence-corrected chi connectivity index (χ1v) is 11.3. The first-order valence-electron chi connectivity index (χ1n) is 9.89. The average Bonchev–Trinajstić information content (AvgIpc) is 2.73. The Kier molecular flexibility index (Phi) is 6.39. The highest BCUT2D eigenvalue weighted by Crippen LogP contribution is 2.26. The van der Waals surface area contributed by atoms with E-state index in [4.69, 9.17) is 0 Å². The lowest BCUT2D eigenvalue weighted by atomic mass is 9.99. The molecule has 2 aromatic rings. The number of piperazine rings is 1. The summed E-state index contributed by atoms with van der Waals surface area (Å²) in [5.41, 5.74) is 1.85. The second kappa shape index (κ2) is 8.63. The topological polar surface area (TPSA) is 57.7 Å². The molecule has 1 heterocycles. The van der Waals surface area contributed by atoms with Crippen LogP contribution in [0.25, 0.3) is 0 Å². The van der Waals surface area contributed by atoms with Gasteiger partial charge in [-0.15, -0.1) is 0 Å². The lowest BCUT2D eigenvalue weighted by Crippen LogP contribution is -2.48. The van der Waals surface area contributed by atoms with Crippen LogP contribution in [0.2, 0.25) is 0 Å². The van der Waals surface area contributed by atoms with Crippen molar-refractivity contribution >= 4 is 21.5 Å². The van der Waals surface area contributed by atoms with Crippen molar-refractivity contribution in [1.82, 2.24) is 4.31 Å². The molecule has 0 amide bonds. The number of hydrogen-bond acceptors (Lipinski definition) is 4. The van der Waals surface area contributed by atoms with Crippen molar-refractivity contribution in [2.24, 2.45) is 0 Å². The monoisotopic (exact) mass is 418 g/mol. The number of rotatable bonds is 6. The Morgan fingerprint density at radius 2 is 1.69 bits per heavy atom. The fourth-order valence-corrected chi connectivity index (χ4v) is 4.93. The number of ketones is 1.